The predicted molar refractivity (Wildman–Crippen MR) is 416 cm³/mol. The van der Waals surface area contributed by atoms with Gasteiger partial charge in [0.25, 0.3) is 0 Å². The van der Waals surface area contributed by atoms with Crippen molar-refractivity contribution in [3.8, 4) is 5.75 Å². The molecule has 0 spiro atoms. The Balaban J connectivity index is 1.10. The number of nitrogens with zero attached hydrogens (tertiary/aromatic N) is 4. The lowest BCUT2D eigenvalue weighted by molar-refractivity contribution is -0.148. The number of rotatable bonds is 45. The van der Waals surface area contributed by atoms with E-state index in [0.717, 1.165) is 23.6 Å². The fourth-order valence-electron chi connectivity index (χ4n) is 14.4. The van der Waals surface area contributed by atoms with Gasteiger partial charge in [-0.2, -0.15) is 0 Å². The molecule has 6 rings (SSSR count). The van der Waals surface area contributed by atoms with E-state index < -0.39 is 113 Å². The van der Waals surface area contributed by atoms with E-state index in [1.54, 1.807) is 102 Å². The second-order valence-electron chi connectivity index (χ2n) is 30.7. The number of carbonyl (C=O) groups excluding carboxylic acids is 13. The SMILES string of the molecule is CC[C@H](C)[C@@H]([C@@H](CC(=O)N1C[C@@H](OC(=O)OCc2ccc(NC(=O)[C@H](CCCNC(N)=O)NC(=O)[C@@H](NC(=O)CCCCCN3C(=O)CC(SCC4(CC(N)=O)CC4)C3=O)C(C)C)cc2)C[C@H]1[C@H](OC)[C@@H](C)C(=O)NCC(=O)c1ccc2cc(OC)ccc2c1)OC)N(C)C(=O)[C@@H](NC(=O)[C@H](C(C)C)N(C)C)C(C)C. The molecule has 3 fully saturated rings. The number of likely N-dealkylation sites (N-methyl/N-ethyl adjacent to an activating group) is 2. The van der Waals surface area contributed by atoms with E-state index in [-0.39, 0.29) is 136 Å². The van der Waals surface area contributed by atoms with Crippen molar-refractivity contribution in [3.63, 3.8) is 0 Å². The largest absolute Gasteiger partial charge is 0.508 e. The molecule has 30 nitrogen and oxygen atoms in total. The van der Waals surface area contributed by atoms with Crippen molar-refractivity contribution in [3.05, 3.63) is 71.8 Å². The van der Waals surface area contributed by atoms with Crippen molar-refractivity contribution in [2.24, 2.45) is 46.5 Å². The van der Waals surface area contributed by atoms with E-state index >= 15 is 4.79 Å². The van der Waals surface area contributed by atoms with Crippen LogP contribution in [0, 0.1) is 35.0 Å². The first-order chi connectivity index (χ1) is 52.1. The fraction of sp³-hybridized carbons (Fsp3) is 0.633. The number of fused-ring (bicyclic) bond motifs is 1. The molecule has 3 aromatic carbocycles. The van der Waals surface area contributed by atoms with Crippen LogP contribution in [0.15, 0.2) is 60.7 Å². The van der Waals surface area contributed by atoms with Gasteiger partial charge in [0.05, 0.1) is 68.1 Å². The molecule has 110 heavy (non-hydrogen) atoms. The van der Waals surface area contributed by atoms with Crippen LogP contribution in [0.5, 0.6) is 5.75 Å². The van der Waals surface area contributed by atoms with Gasteiger partial charge < -0.3 is 76.9 Å². The minimum Gasteiger partial charge on any atom is -0.497 e. The summed E-state index contributed by atoms with van der Waals surface area (Å²) in [7, 11) is 9.65. The first kappa shape index (κ1) is 89.9. The van der Waals surface area contributed by atoms with Gasteiger partial charge >= 0.3 is 12.2 Å². The van der Waals surface area contributed by atoms with Crippen LogP contribution in [0.2, 0.25) is 0 Å². The number of ether oxygens (including phenoxy) is 5. The van der Waals surface area contributed by atoms with Gasteiger partial charge in [-0.3, -0.25) is 62.5 Å². The number of thioether (sulfide) groups is 1. The zero-order valence-electron chi connectivity index (χ0n) is 66.6. The average Bonchev–Trinajstić information content (AvgIpc) is 1.61. The normalized spacial score (nSPS) is 18.5. The Kier molecular flexibility index (Phi) is 34.7. The number of nitrogens with one attached hydrogen (secondary N) is 6. The number of unbranched alkanes of at least 4 members (excludes halogenated alkanes) is 2. The Hall–Kier alpha value is -8.94. The highest BCUT2D eigenvalue weighted by Crippen LogP contribution is 2.52. The van der Waals surface area contributed by atoms with E-state index in [0.29, 0.717) is 54.0 Å². The molecule has 1 saturated carbocycles. The lowest BCUT2D eigenvalue weighted by atomic mass is 9.89. The average molecular weight is 1560 g/mol. The highest BCUT2D eigenvalue weighted by molar-refractivity contribution is 8.00. The number of hydrogen-bond donors (Lipinski definition) is 8. The van der Waals surface area contributed by atoms with E-state index in [1.165, 1.54) is 35.8 Å². The monoisotopic (exact) mass is 1550 g/mol. The summed E-state index contributed by atoms with van der Waals surface area (Å²) in [6.45, 7) is 16.0. The molecule has 3 aromatic rings. The minimum absolute atomic E-state index is 0.0187. The quantitative estimate of drug-likeness (QED) is 0.0135. The Morgan fingerprint density at radius 2 is 1.40 bits per heavy atom. The van der Waals surface area contributed by atoms with Crippen molar-refractivity contribution >= 4 is 105 Å². The molecular formula is C79H118N12O18S. The second kappa shape index (κ2) is 42.5. The number of anilines is 1. The summed E-state index contributed by atoms with van der Waals surface area (Å²) in [6.07, 6.45) is 0.0308. The lowest BCUT2D eigenvalue weighted by Crippen LogP contribution is -2.59. The maximum atomic E-state index is 15.2. The van der Waals surface area contributed by atoms with Gasteiger partial charge in [-0.15, -0.1) is 11.8 Å². The summed E-state index contributed by atoms with van der Waals surface area (Å²) in [5.74, 6) is -5.39. The van der Waals surface area contributed by atoms with Crippen LogP contribution in [0.1, 0.15) is 162 Å². The molecule has 2 aliphatic heterocycles. The Morgan fingerprint density at radius 1 is 0.727 bits per heavy atom. The molecule has 0 bridgehead atoms. The predicted octanol–water partition coefficient (Wildman–Crippen LogP) is 6.22. The third kappa shape index (κ3) is 25.8. The molecule has 3 aliphatic rings. The molecule has 1 unspecified atom stereocenters. The van der Waals surface area contributed by atoms with Crippen LogP contribution in [0.4, 0.5) is 15.3 Å². The summed E-state index contributed by atoms with van der Waals surface area (Å²) in [5.41, 5.74) is 11.7. The Bertz CT molecular complexity index is 3700. The third-order valence-corrected chi connectivity index (χ3v) is 22.6. The molecule has 12 amide bonds. The van der Waals surface area contributed by atoms with Crippen LogP contribution >= 0.6 is 11.8 Å². The van der Waals surface area contributed by atoms with Crippen molar-refractivity contribution in [1.82, 2.24) is 46.2 Å². The third-order valence-electron chi connectivity index (χ3n) is 21.0. The molecule has 2 heterocycles. The first-order valence-corrected chi connectivity index (χ1v) is 39.2. The van der Waals surface area contributed by atoms with Crippen LogP contribution in [-0.4, -0.2) is 231 Å². The Morgan fingerprint density at radius 3 is 2.00 bits per heavy atom. The topological polar surface area (TPSA) is 405 Å². The summed E-state index contributed by atoms with van der Waals surface area (Å²) in [5, 5.41) is 17.7. The second-order valence-corrected chi connectivity index (χ2v) is 31.9. The molecule has 10 N–H and O–H groups in total. The van der Waals surface area contributed by atoms with Crippen LogP contribution in [0.25, 0.3) is 10.8 Å². The Labute approximate surface area is 650 Å². The highest BCUT2D eigenvalue weighted by atomic mass is 32.2. The van der Waals surface area contributed by atoms with Gasteiger partial charge in [0.2, 0.25) is 59.1 Å². The van der Waals surface area contributed by atoms with Gasteiger partial charge in [-0.1, -0.05) is 105 Å². The maximum Gasteiger partial charge on any atom is 0.508 e. The number of nitrogens with two attached hydrogens (primary N) is 2. The molecule has 2 saturated heterocycles. The number of likely N-dealkylation sites (tertiary alicyclic amines) is 2. The van der Waals surface area contributed by atoms with Gasteiger partial charge in [-0.25, -0.2) is 9.59 Å². The lowest BCUT2D eigenvalue weighted by Gasteiger charge is -2.41. The molecule has 12 atom stereocenters. The van der Waals surface area contributed by atoms with Gasteiger partial charge in [0, 0.05) is 77.0 Å². The van der Waals surface area contributed by atoms with Crippen LogP contribution in [-0.2, 0) is 73.5 Å². The molecule has 0 radical (unpaired) electrons. The zero-order chi connectivity index (χ0) is 81.4. The van der Waals surface area contributed by atoms with Crippen molar-refractivity contribution in [2.45, 2.75) is 212 Å². The fourth-order valence-corrected chi connectivity index (χ4v) is 15.9. The van der Waals surface area contributed by atoms with Gasteiger partial charge in [-0.05, 0) is 128 Å². The number of carbonyl (C=O) groups is 13. The van der Waals surface area contributed by atoms with Crippen molar-refractivity contribution < 1.29 is 86.0 Å². The number of benzene rings is 3. The number of hydrogen-bond acceptors (Lipinski definition) is 20. The summed E-state index contributed by atoms with van der Waals surface area (Å²) < 4.78 is 29.1. The number of methoxy groups -OCH3 is 3. The standard InChI is InChI=1S/C79H118N12O18S/c1-16-48(8)69(89(12)76(102)67(46(4)5)87-74(100)68(47(6)7)88(10)11)60(106-14)38-64(95)91-42-56(37-58(91)70(107-15)49(9)71(97)83-41-59(92)53-26-25-52-36-55(105-13)30-27-51(52)35-53)109-78(104)108-43-50-23-28-54(29-24-50)84-72(98)57(21-20-33-82-77(81)103)85-73(99)66(45(2)3)86-63(94)22-18-17-19-34-90-65(96)39-61(75(90)101)110-44-79(31-32-79)40-62(80)93/h23-30,35-36,45-49,56-58,60-61,66-70H,16-22,31-34,37-44H2,1-15H3,(H2,80,93)(H,83,97)(H,84,98)(H,85,99)(H,86,94)(H,87,100)(H3,81,82,103)/t48-,49+,56-,57-,58-,60+,61?,66-,67-,68-,69-,70+/m0/s1. The van der Waals surface area contributed by atoms with Crippen LogP contribution in [0.3, 0.4) is 0 Å². The smallest absolute Gasteiger partial charge is 0.497 e. The summed E-state index contributed by atoms with van der Waals surface area (Å²) >= 11 is 1.40. The number of amides is 12. The number of ketones is 1. The number of Topliss-reactive ketones (excluding diaryl/α,β-unsaturated/α-hetero) is 1. The molecule has 1 aliphatic carbocycles. The highest BCUT2D eigenvalue weighted by Gasteiger charge is 2.49. The molecule has 608 valence electrons. The van der Waals surface area contributed by atoms with Crippen molar-refractivity contribution in [2.75, 3.05) is 79.7 Å². The number of imide groups is 1. The van der Waals surface area contributed by atoms with Gasteiger partial charge in [0.15, 0.2) is 5.78 Å². The number of primary amides is 2. The zero-order valence-corrected chi connectivity index (χ0v) is 67.4. The van der Waals surface area contributed by atoms with Gasteiger partial charge in [0.1, 0.15) is 36.6 Å². The maximum absolute atomic E-state index is 15.2. The molecular weight excluding hydrogens is 1440 g/mol. The van der Waals surface area contributed by atoms with Crippen molar-refractivity contribution in [1.29, 1.82) is 0 Å². The van der Waals surface area contributed by atoms with E-state index in [1.807, 2.05) is 58.6 Å². The van der Waals surface area contributed by atoms with Crippen LogP contribution < -0.4 is 48.1 Å². The summed E-state index contributed by atoms with van der Waals surface area (Å²) in [6, 6.07) is 10.9. The minimum atomic E-state index is -1.16. The number of urea groups is 1. The van der Waals surface area contributed by atoms with E-state index in [2.05, 4.69) is 31.9 Å². The van der Waals surface area contributed by atoms with E-state index in [9.17, 15) is 57.5 Å². The first-order valence-electron chi connectivity index (χ1n) is 38.1. The van der Waals surface area contributed by atoms with E-state index in [4.69, 9.17) is 35.2 Å². The molecule has 0 aromatic heterocycles. The molecule has 31 heteroatoms. The summed E-state index contributed by atoms with van der Waals surface area (Å²) in [4.78, 5) is 182.